The van der Waals surface area contributed by atoms with Crippen molar-refractivity contribution in [3.05, 3.63) is 23.2 Å². The zero-order valence-electron chi connectivity index (χ0n) is 17.6. The van der Waals surface area contributed by atoms with E-state index in [9.17, 15) is 5.11 Å². The molecule has 27 heavy (non-hydrogen) atoms. The third-order valence-corrected chi connectivity index (χ3v) is 4.20. The van der Waals surface area contributed by atoms with E-state index < -0.39 is 5.60 Å². The molecule has 0 aliphatic rings. The Morgan fingerprint density at radius 2 is 2.04 bits per heavy atom. The van der Waals surface area contributed by atoms with Gasteiger partial charge in [0.1, 0.15) is 17.1 Å². The quantitative estimate of drug-likeness (QED) is 0.189. The van der Waals surface area contributed by atoms with E-state index in [1.54, 1.807) is 14.0 Å². The first-order valence-electron chi connectivity index (χ1n) is 9.29. The molecule has 1 rings (SSSR count). The lowest BCUT2D eigenvalue weighted by atomic mass is 9.96. The van der Waals surface area contributed by atoms with Gasteiger partial charge in [0.2, 0.25) is 0 Å². The minimum atomic E-state index is -1.06. The average Bonchev–Trinajstić information content (AvgIpc) is 2.93. The fourth-order valence-corrected chi connectivity index (χ4v) is 2.74. The van der Waals surface area contributed by atoms with Crippen LogP contribution < -0.4 is 10.6 Å². The van der Waals surface area contributed by atoms with Crippen LogP contribution in [0.15, 0.2) is 15.5 Å². The molecule has 1 aromatic rings. The second kappa shape index (κ2) is 13.4. The predicted octanol–water partition coefficient (Wildman–Crippen LogP) is 2.25. The molecule has 3 N–H and O–H groups in total. The van der Waals surface area contributed by atoms with Gasteiger partial charge in [-0.2, -0.15) is 0 Å². The molecular weight excluding hydrogens is 459 g/mol. The summed E-state index contributed by atoms with van der Waals surface area (Å²) in [6, 6.07) is 1.88. The van der Waals surface area contributed by atoms with Crippen LogP contribution in [0.1, 0.15) is 37.4 Å². The number of aryl methyl sites for hydroxylation is 2. The number of aliphatic imine (C=N–C) groups is 1. The summed E-state index contributed by atoms with van der Waals surface area (Å²) < 4.78 is 10.6. The Bertz CT molecular complexity index is 561. The average molecular weight is 496 g/mol. The van der Waals surface area contributed by atoms with E-state index >= 15 is 0 Å². The molecule has 7 nitrogen and oxygen atoms in total. The van der Waals surface area contributed by atoms with Crippen molar-refractivity contribution in [1.29, 1.82) is 0 Å². The zero-order valence-corrected chi connectivity index (χ0v) is 19.9. The number of methoxy groups -OCH3 is 1. The maximum Gasteiger partial charge on any atom is 0.191 e. The lowest BCUT2D eigenvalue weighted by molar-refractivity contribution is 0.0657. The van der Waals surface area contributed by atoms with Crippen LogP contribution in [0.2, 0.25) is 0 Å². The number of guanidine groups is 1. The van der Waals surface area contributed by atoms with Crippen molar-refractivity contribution in [1.82, 2.24) is 15.5 Å². The molecule has 0 spiro atoms. The Morgan fingerprint density at radius 1 is 1.33 bits per heavy atom. The van der Waals surface area contributed by atoms with Crippen molar-refractivity contribution >= 4 is 29.9 Å². The van der Waals surface area contributed by atoms with Crippen molar-refractivity contribution in [2.75, 3.05) is 53.5 Å². The maximum atomic E-state index is 10.8. The molecule has 0 fully saturated rings. The lowest BCUT2D eigenvalue weighted by Crippen LogP contribution is -2.40. The zero-order chi connectivity index (χ0) is 19.6. The Balaban J connectivity index is 0.00000676. The first kappa shape index (κ1) is 26.2. The predicted molar refractivity (Wildman–Crippen MR) is 121 cm³/mol. The molecule has 0 amide bonds. The van der Waals surface area contributed by atoms with Gasteiger partial charge in [-0.15, -0.1) is 24.0 Å². The van der Waals surface area contributed by atoms with Crippen LogP contribution in [0.3, 0.4) is 0 Å². The van der Waals surface area contributed by atoms with Gasteiger partial charge in [-0.3, -0.25) is 0 Å². The Morgan fingerprint density at radius 3 is 2.59 bits per heavy atom. The van der Waals surface area contributed by atoms with E-state index in [0.717, 1.165) is 56.3 Å². The monoisotopic (exact) mass is 496 g/mol. The number of ether oxygens (including phenoxy) is 1. The van der Waals surface area contributed by atoms with E-state index in [1.165, 1.54) is 0 Å². The van der Waals surface area contributed by atoms with Gasteiger partial charge in [-0.05, 0) is 53.8 Å². The minimum absolute atomic E-state index is 0. The maximum absolute atomic E-state index is 10.8. The van der Waals surface area contributed by atoms with Gasteiger partial charge in [0.15, 0.2) is 5.96 Å². The third-order valence-electron chi connectivity index (χ3n) is 4.20. The highest BCUT2D eigenvalue weighted by molar-refractivity contribution is 14.0. The second-order valence-electron chi connectivity index (χ2n) is 6.87. The smallest absolute Gasteiger partial charge is 0.191 e. The summed E-state index contributed by atoms with van der Waals surface area (Å²) in [4.78, 5) is 6.79. The molecule has 1 unspecified atom stereocenters. The molecule has 158 valence electrons. The van der Waals surface area contributed by atoms with E-state index in [-0.39, 0.29) is 30.5 Å². The Hall–Kier alpha value is -0.840. The summed E-state index contributed by atoms with van der Waals surface area (Å²) in [5.74, 6) is 2.24. The van der Waals surface area contributed by atoms with E-state index in [0.29, 0.717) is 5.96 Å². The number of hydrogen-bond acceptors (Lipinski definition) is 5. The largest absolute Gasteiger partial charge is 0.466 e. The fourth-order valence-electron chi connectivity index (χ4n) is 2.74. The standard InChI is InChI=1S/C19H36N4O3.HI/c1-7-20-18(21-9-8-10-23(5)11-12-25-6)22-14-19(4,24)17-13-15(2)26-16(17)3;/h13,24H,7-12,14H2,1-6H3,(H2,20,21,22);1H. The number of halogens is 1. The van der Waals surface area contributed by atoms with Gasteiger partial charge in [-0.1, -0.05) is 0 Å². The molecule has 1 heterocycles. The second-order valence-corrected chi connectivity index (χ2v) is 6.87. The van der Waals surface area contributed by atoms with Crippen molar-refractivity contribution in [3.63, 3.8) is 0 Å². The topological polar surface area (TPSA) is 82.3 Å². The molecule has 0 bridgehead atoms. The molecule has 1 atom stereocenters. The van der Waals surface area contributed by atoms with Crippen LogP contribution in [0.25, 0.3) is 0 Å². The molecule has 0 aromatic carbocycles. The molecule has 0 saturated heterocycles. The van der Waals surface area contributed by atoms with E-state index in [2.05, 4.69) is 27.6 Å². The van der Waals surface area contributed by atoms with Crippen molar-refractivity contribution in [2.24, 2.45) is 4.99 Å². The van der Waals surface area contributed by atoms with Crippen molar-refractivity contribution < 1.29 is 14.3 Å². The van der Waals surface area contributed by atoms with Crippen LogP contribution in [-0.4, -0.2) is 69.5 Å². The Kier molecular flexibility index (Phi) is 12.9. The number of nitrogens with one attached hydrogen (secondary N) is 2. The van der Waals surface area contributed by atoms with Crippen molar-refractivity contribution in [2.45, 2.75) is 39.7 Å². The van der Waals surface area contributed by atoms with Crippen LogP contribution in [0.5, 0.6) is 0 Å². The van der Waals surface area contributed by atoms with E-state index in [4.69, 9.17) is 9.15 Å². The number of hydrogen-bond donors (Lipinski definition) is 3. The molecular formula is C19H37IN4O3. The third kappa shape index (κ3) is 9.77. The lowest BCUT2D eigenvalue weighted by Gasteiger charge is -2.22. The number of nitrogens with zero attached hydrogens (tertiary/aromatic N) is 2. The van der Waals surface area contributed by atoms with Crippen LogP contribution in [0.4, 0.5) is 0 Å². The number of aliphatic hydroxyl groups is 1. The molecule has 0 saturated carbocycles. The number of furan rings is 1. The normalized spacial score (nSPS) is 14.0. The molecule has 1 aromatic heterocycles. The Labute approximate surface area is 181 Å². The number of likely N-dealkylation sites (N-methyl/N-ethyl adjacent to an activating group) is 1. The van der Waals surface area contributed by atoms with Gasteiger partial charge in [0.25, 0.3) is 0 Å². The van der Waals surface area contributed by atoms with Crippen LogP contribution in [0, 0.1) is 13.8 Å². The number of rotatable bonds is 11. The summed E-state index contributed by atoms with van der Waals surface area (Å²) in [5, 5.41) is 17.3. The van der Waals surface area contributed by atoms with Crippen LogP contribution >= 0.6 is 24.0 Å². The summed E-state index contributed by atoms with van der Waals surface area (Å²) in [5.41, 5.74) is -0.278. The summed E-state index contributed by atoms with van der Waals surface area (Å²) in [6.45, 7) is 12.0. The van der Waals surface area contributed by atoms with Crippen molar-refractivity contribution in [3.8, 4) is 0 Å². The van der Waals surface area contributed by atoms with Gasteiger partial charge >= 0.3 is 0 Å². The highest BCUT2D eigenvalue weighted by atomic mass is 127. The summed E-state index contributed by atoms with van der Waals surface area (Å²) in [7, 11) is 3.81. The molecule has 0 radical (unpaired) electrons. The van der Waals surface area contributed by atoms with Crippen LogP contribution in [-0.2, 0) is 10.3 Å². The first-order chi connectivity index (χ1) is 12.3. The highest BCUT2D eigenvalue weighted by Gasteiger charge is 2.27. The summed E-state index contributed by atoms with van der Waals surface area (Å²) in [6.07, 6.45) is 1.00. The fraction of sp³-hybridized carbons (Fsp3) is 0.737. The summed E-state index contributed by atoms with van der Waals surface area (Å²) >= 11 is 0. The first-order valence-corrected chi connectivity index (χ1v) is 9.29. The van der Waals surface area contributed by atoms with Gasteiger partial charge in [0.05, 0.1) is 13.2 Å². The molecule has 0 aliphatic carbocycles. The van der Waals surface area contributed by atoms with Gasteiger partial charge in [0, 0.05) is 32.3 Å². The van der Waals surface area contributed by atoms with Gasteiger partial charge in [-0.25, -0.2) is 4.99 Å². The molecule has 8 heteroatoms. The molecule has 0 aliphatic heterocycles. The van der Waals surface area contributed by atoms with Gasteiger partial charge < -0.3 is 29.8 Å². The highest BCUT2D eigenvalue weighted by Crippen LogP contribution is 2.27. The van der Waals surface area contributed by atoms with E-state index in [1.807, 2.05) is 26.8 Å². The SMILES string of the molecule is CCNC(=NCC(C)(O)c1cc(C)oc1C)NCCCN(C)CCOC.I. The minimum Gasteiger partial charge on any atom is -0.466 e.